The van der Waals surface area contributed by atoms with Gasteiger partial charge in [0.15, 0.2) is 0 Å². The molecule has 2 heterocycles. The Morgan fingerprint density at radius 3 is 2.44 bits per heavy atom. The van der Waals surface area contributed by atoms with E-state index in [1.54, 1.807) is 4.90 Å². The van der Waals surface area contributed by atoms with E-state index in [9.17, 15) is 4.79 Å². The number of anilines is 2. The van der Waals surface area contributed by atoms with E-state index in [1.165, 1.54) is 11.9 Å². The summed E-state index contributed by atoms with van der Waals surface area (Å²) in [6.07, 6.45) is 2.99. The Labute approximate surface area is 164 Å². The van der Waals surface area contributed by atoms with Crippen molar-refractivity contribution >= 4 is 29.3 Å². The fraction of sp³-hybridized carbons (Fsp3) is 0.474. The van der Waals surface area contributed by atoms with Crippen LogP contribution in [0.5, 0.6) is 0 Å². The minimum Gasteiger partial charge on any atom is -0.444 e. The quantitative estimate of drug-likeness (QED) is 0.838. The van der Waals surface area contributed by atoms with Gasteiger partial charge >= 0.3 is 6.09 Å². The maximum atomic E-state index is 12.2. The van der Waals surface area contributed by atoms with Crippen LogP contribution in [0.25, 0.3) is 0 Å². The van der Waals surface area contributed by atoms with Crippen LogP contribution in [-0.4, -0.2) is 44.6 Å². The van der Waals surface area contributed by atoms with Crippen LogP contribution in [0.3, 0.4) is 0 Å². The van der Waals surface area contributed by atoms with E-state index in [-0.39, 0.29) is 11.4 Å². The summed E-state index contributed by atoms with van der Waals surface area (Å²) in [5.41, 5.74) is 1.68. The Hall–Kier alpha value is -2.41. The first-order valence-electron chi connectivity index (χ1n) is 8.99. The number of amides is 1. The van der Waals surface area contributed by atoms with Crippen molar-refractivity contribution < 1.29 is 9.53 Å². The van der Waals surface area contributed by atoms with E-state index in [0.29, 0.717) is 25.0 Å². The smallest absolute Gasteiger partial charge is 0.410 e. The van der Waals surface area contributed by atoms with Crippen molar-refractivity contribution in [3.63, 3.8) is 0 Å². The van der Waals surface area contributed by atoms with Gasteiger partial charge in [-0.15, -0.1) is 0 Å². The molecule has 1 aliphatic heterocycles. The van der Waals surface area contributed by atoms with Gasteiger partial charge in [0, 0.05) is 18.8 Å². The van der Waals surface area contributed by atoms with Gasteiger partial charge in [-0.3, -0.25) is 0 Å². The van der Waals surface area contributed by atoms with Crippen molar-refractivity contribution in [1.29, 1.82) is 0 Å². The van der Waals surface area contributed by atoms with Crippen LogP contribution in [0, 0.1) is 0 Å². The average Bonchev–Trinajstić information content (AvgIpc) is 2.61. The zero-order chi connectivity index (χ0) is 19.4. The average molecular weight is 390 g/mol. The molecule has 1 saturated heterocycles. The molecule has 7 nitrogen and oxygen atoms in total. The molecule has 0 bridgehead atoms. The zero-order valence-electron chi connectivity index (χ0n) is 15.8. The van der Waals surface area contributed by atoms with Crippen LogP contribution in [0.2, 0.25) is 5.28 Å². The summed E-state index contributed by atoms with van der Waals surface area (Å²) in [4.78, 5) is 25.8. The highest BCUT2D eigenvalue weighted by Gasteiger charge is 2.27. The van der Waals surface area contributed by atoms with Gasteiger partial charge in [0.1, 0.15) is 11.9 Å². The van der Waals surface area contributed by atoms with Crippen molar-refractivity contribution in [2.75, 3.05) is 18.4 Å². The third-order valence-electron chi connectivity index (χ3n) is 4.33. The predicted octanol–water partition coefficient (Wildman–Crippen LogP) is 4.38. The van der Waals surface area contributed by atoms with Crippen LogP contribution in [0.15, 0.2) is 30.6 Å². The second-order valence-corrected chi connectivity index (χ2v) is 7.90. The van der Waals surface area contributed by atoms with E-state index >= 15 is 0 Å². The number of halogens is 1. The summed E-state index contributed by atoms with van der Waals surface area (Å²) < 4.78 is 5.45. The molecule has 3 rings (SSSR count). The van der Waals surface area contributed by atoms with Gasteiger partial charge in [0.05, 0.1) is 0 Å². The molecule has 0 aliphatic carbocycles. The van der Waals surface area contributed by atoms with E-state index < -0.39 is 5.60 Å². The Balaban J connectivity index is 1.55. The highest BCUT2D eigenvalue weighted by molar-refractivity contribution is 6.28. The molecule has 1 amide bonds. The van der Waals surface area contributed by atoms with Crippen LogP contribution in [0.4, 0.5) is 16.4 Å². The number of nitrogens with one attached hydrogen (secondary N) is 1. The number of likely N-dealkylation sites (tertiary alicyclic amines) is 1. The molecule has 1 N–H and O–H groups in total. The molecule has 27 heavy (non-hydrogen) atoms. The van der Waals surface area contributed by atoms with Crippen LogP contribution < -0.4 is 5.32 Å². The zero-order valence-corrected chi connectivity index (χ0v) is 16.5. The van der Waals surface area contributed by atoms with Gasteiger partial charge in [0.25, 0.3) is 0 Å². The Kier molecular flexibility index (Phi) is 5.79. The molecule has 0 atom stereocenters. The van der Waals surface area contributed by atoms with Crippen molar-refractivity contribution in [1.82, 2.24) is 19.9 Å². The Morgan fingerprint density at radius 2 is 1.85 bits per heavy atom. The van der Waals surface area contributed by atoms with E-state index in [2.05, 4.69) is 32.4 Å². The molecular formula is C19H24ClN5O2. The van der Waals surface area contributed by atoms with E-state index in [4.69, 9.17) is 16.3 Å². The first-order chi connectivity index (χ1) is 12.8. The van der Waals surface area contributed by atoms with Gasteiger partial charge < -0.3 is 15.0 Å². The van der Waals surface area contributed by atoms with Crippen LogP contribution >= 0.6 is 11.6 Å². The minimum atomic E-state index is -0.459. The topological polar surface area (TPSA) is 80.2 Å². The Bertz CT molecular complexity index is 783. The summed E-state index contributed by atoms with van der Waals surface area (Å²) >= 11 is 5.77. The molecular weight excluding hydrogens is 366 g/mol. The summed E-state index contributed by atoms with van der Waals surface area (Å²) in [6, 6.07) is 8.18. The molecule has 1 fully saturated rings. The lowest BCUT2D eigenvalue weighted by molar-refractivity contribution is 0.0205. The first kappa shape index (κ1) is 19.4. The lowest BCUT2D eigenvalue weighted by atomic mass is 9.89. The molecule has 2 aromatic rings. The van der Waals surface area contributed by atoms with Crippen molar-refractivity contribution in [3.05, 3.63) is 41.4 Å². The van der Waals surface area contributed by atoms with Gasteiger partial charge in [-0.1, -0.05) is 12.1 Å². The van der Waals surface area contributed by atoms with Crippen LogP contribution in [-0.2, 0) is 4.74 Å². The predicted molar refractivity (Wildman–Crippen MR) is 104 cm³/mol. The number of benzene rings is 1. The second kappa shape index (κ2) is 8.08. The SMILES string of the molecule is CC(C)(C)OC(=O)N1CCC(c2ccc(Nc3ncnc(Cl)n3)cc2)CC1. The van der Waals surface area contributed by atoms with E-state index in [1.807, 2.05) is 32.9 Å². The second-order valence-electron chi connectivity index (χ2n) is 7.57. The molecule has 1 aromatic carbocycles. The molecule has 0 radical (unpaired) electrons. The highest BCUT2D eigenvalue weighted by Crippen LogP contribution is 2.29. The van der Waals surface area contributed by atoms with Gasteiger partial charge in [-0.05, 0) is 68.8 Å². The molecule has 0 unspecified atom stereocenters. The fourth-order valence-corrected chi connectivity index (χ4v) is 3.15. The number of carbonyl (C=O) groups excluding carboxylic acids is 1. The first-order valence-corrected chi connectivity index (χ1v) is 9.37. The monoisotopic (exact) mass is 389 g/mol. The number of ether oxygens (including phenoxy) is 1. The molecule has 0 saturated carbocycles. The van der Waals surface area contributed by atoms with Gasteiger partial charge in [0.2, 0.25) is 11.2 Å². The number of hydrogen-bond donors (Lipinski definition) is 1. The summed E-state index contributed by atoms with van der Waals surface area (Å²) in [5, 5.41) is 3.26. The fourth-order valence-electron chi connectivity index (χ4n) is 3.03. The molecule has 1 aromatic heterocycles. The number of piperidine rings is 1. The number of aromatic nitrogens is 3. The third-order valence-corrected chi connectivity index (χ3v) is 4.51. The normalized spacial score (nSPS) is 15.5. The summed E-state index contributed by atoms with van der Waals surface area (Å²) in [7, 11) is 0. The minimum absolute atomic E-state index is 0.154. The van der Waals surface area contributed by atoms with Crippen molar-refractivity contribution in [3.8, 4) is 0 Å². The maximum absolute atomic E-state index is 12.2. The number of carbonyl (C=O) groups is 1. The molecule has 8 heteroatoms. The molecule has 1 aliphatic rings. The number of hydrogen-bond acceptors (Lipinski definition) is 6. The highest BCUT2D eigenvalue weighted by atomic mass is 35.5. The number of nitrogens with zero attached hydrogens (tertiary/aromatic N) is 4. The lowest BCUT2D eigenvalue weighted by Gasteiger charge is -2.33. The van der Waals surface area contributed by atoms with E-state index in [0.717, 1.165) is 18.5 Å². The summed E-state index contributed by atoms with van der Waals surface area (Å²) in [5.74, 6) is 0.845. The maximum Gasteiger partial charge on any atom is 0.410 e. The standard InChI is InChI=1S/C19H24ClN5O2/c1-19(2,3)27-18(26)25-10-8-14(9-11-25)13-4-6-15(7-5-13)23-17-22-12-21-16(20)24-17/h4-7,12,14H,8-11H2,1-3H3,(H,21,22,23,24). The van der Waals surface area contributed by atoms with Crippen molar-refractivity contribution in [2.45, 2.75) is 45.1 Å². The third kappa shape index (κ3) is 5.53. The summed E-state index contributed by atoms with van der Waals surface area (Å²) in [6.45, 7) is 7.08. The van der Waals surface area contributed by atoms with Gasteiger partial charge in [-0.25, -0.2) is 14.8 Å². The molecule has 144 valence electrons. The van der Waals surface area contributed by atoms with Crippen LogP contribution in [0.1, 0.15) is 45.1 Å². The molecule has 0 spiro atoms. The number of rotatable bonds is 3. The van der Waals surface area contributed by atoms with Gasteiger partial charge in [-0.2, -0.15) is 4.98 Å². The largest absolute Gasteiger partial charge is 0.444 e. The lowest BCUT2D eigenvalue weighted by Crippen LogP contribution is -2.41. The van der Waals surface area contributed by atoms with Crippen molar-refractivity contribution in [2.24, 2.45) is 0 Å². The Morgan fingerprint density at radius 1 is 1.19 bits per heavy atom.